The van der Waals surface area contributed by atoms with Crippen LogP contribution in [0.3, 0.4) is 0 Å². The molecule has 17 heavy (non-hydrogen) atoms. The van der Waals surface area contributed by atoms with Crippen LogP contribution < -0.4 is 11.1 Å². The SMILES string of the molecule is CCCCNC(=O)c1cccc(N)c1[N+](=O)[O-]. The first kappa shape index (κ1) is 13.0. The molecule has 1 rings (SSSR count). The zero-order valence-corrected chi connectivity index (χ0v) is 9.60. The normalized spacial score (nSPS) is 9.94. The van der Waals surface area contributed by atoms with Crippen LogP contribution in [0.25, 0.3) is 0 Å². The van der Waals surface area contributed by atoms with Crippen LogP contribution in [-0.4, -0.2) is 17.4 Å². The lowest BCUT2D eigenvalue weighted by Crippen LogP contribution is -2.25. The van der Waals surface area contributed by atoms with E-state index < -0.39 is 10.8 Å². The van der Waals surface area contributed by atoms with Crippen LogP contribution in [0.1, 0.15) is 30.1 Å². The average molecular weight is 237 g/mol. The number of nitrogens with zero attached hydrogens (tertiary/aromatic N) is 1. The van der Waals surface area contributed by atoms with Crippen molar-refractivity contribution in [3.8, 4) is 0 Å². The van der Waals surface area contributed by atoms with Gasteiger partial charge in [0.25, 0.3) is 5.91 Å². The lowest BCUT2D eigenvalue weighted by Gasteiger charge is -2.06. The van der Waals surface area contributed by atoms with Crippen molar-refractivity contribution in [2.75, 3.05) is 12.3 Å². The Kier molecular flexibility index (Phi) is 4.45. The fourth-order valence-corrected chi connectivity index (χ4v) is 1.42. The number of hydrogen-bond acceptors (Lipinski definition) is 4. The molecule has 0 bridgehead atoms. The number of rotatable bonds is 5. The topological polar surface area (TPSA) is 98.3 Å². The second kappa shape index (κ2) is 5.83. The summed E-state index contributed by atoms with van der Waals surface area (Å²) >= 11 is 0. The lowest BCUT2D eigenvalue weighted by atomic mass is 10.1. The number of anilines is 1. The van der Waals surface area contributed by atoms with Gasteiger partial charge in [0, 0.05) is 6.54 Å². The highest BCUT2D eigenvalue weighted by molar-refractivity contribution is 6.00. The van der Waals surface area contributed by atoms with Gasteiger partial charge in [-0.25, -0.2) is 0 Å². The Morgan fingerprint density at radius 3 is 2.82 bits per heavy atom. The number of carbonyl (C=O) groups is 1. The molecule has 6 nitrogen and oxygen atoms in total. The summed E-state index contributed by atoms with van der Waals surface area (Å²) in [5, 5.41) is 13.4. The van der Waals surface area contributed by atoms with E-state index in [1.54, 1.807) is 0 Å². The van der Waals surface area contributed by atoms with Crippen LogP contribution in [0.4, 0.5) is 11.4 Å². The van der Waals surface area contributed by atoms with Crippen molar-refractivity contribution in [3.63, 3.8) is 0 Å². The molecule has 92 valence electrons. The van der Waals surface area contributed by atoms with Gasteiger partial charge in [0.1, 0.15) is 11.3 Å². The number of nitrogens with one attached hydrogen (secondary N) is 1. The molecule has 1 amide bonds. The van der Waals surface area contributed by atoms with Crippen molar-refractivity contribution < 1.29 is 9.72 Å². The molecule has 0 fully saturated rings. The van der Waals surface area contributed by atoms with E-state index in [4.69, 9.17) is 5.73 Å². The van der Waals surface area contributed by atoms with E-state index in [2.05, 4.69) is 5.32 Å². The predicted molar refractivity (Wildman–Crippen MR) is 64.8 cm³/mol. The maximum Gasteiger partial charge on any atom is 0.304 e. The number of nitro groups is 1. The molecule has 0 spiro atoms. The van der Waals surface area contributed by atoms with Crippen molar-refractivity contribution in [2.24, 2.45) is 0 Å². The number of amides is 1. The molecule has 0 unspecified atom stereocenters. The molecule has 1 aromatic carbocycles. The van der Waals surface area contributed by atoms with Crippen molar-refractivity contribution in [1.29, 1.82) is 0 Å². The lowest BCUT2D eigenvalue weighted by molar-refractivity contribution is -0.384. The number of hydrogen-bond donors (Lipinski definition) is 2. The van der Waals surface area contributed by atoms with Gasteiger partial charge in [0.05, 0.1) is 4.92 Å². The molecular weight excluding hydrogens is 222 g/mol. The number of benzene rings is 1. The molecule has 0 radical (unpaired) electrons. The number of para-hydroxylation sites is 1. The van der Waals surface area contributed by atoms with Crippen molar-refractivity contribution >= 4 is 17.3 Å². The molecular formula is C11H15N3O3. The highest BCUT2D eigenvalue weighted by Gasteiger charge is 2.22. The third kappa shape index (κ3) is 3.17. The van der Waals surface area contributed by atoms with Crippen LogP contribution in [0.2, 0.25) is 0 Å². The summed E-state index contributed by atoms with van der Waals surface area (Å²) < 4.78 is 0. The molecule has 0 atom stereocenters. The number of unbranched alkanes of at least 4 members (excludes halogenated alkanes) is 1. The second-order valence-electron chi connectivity index (χ2n) is 3.61. The standard InChI is InChI=1S/C11H15N3O3/c1-2-3-7-13-11(15)8-5-4-6-9(12)10(8)14(16)17/h4-6H,2-3,7,12H2,1H3,(H,13,15). The van der Waals surface area contributed by atoms with E-state index in [1.807, 2.05) is 6.92 Å². The Hall–Kier alpha value is -2.11. The van der Waals surface area contributed by atoms with Gasteiger partial charge in [-0.15, -0.1) is 0 Å². The van der Waals surface area contributed by atoms with Crippen LogP contribution in [-0.2, 0) is 0 Å². The summed E-state index contributed by atoms with van der Waals surface area (Å²) in [6, 6.07) is 4.33. The molecule has 0 aliphatic rings. The van der Waals surface area contributed by atoms with E-state index >= 15 is 0 Å². The van der Waals surface area contributed by atoms with Crippen LogP contribution >= 0.6 is 0 Å². The Bertz CT molecular complexity index is 432. The molecule has 0 saturated carbocycles. The predicted octanol–water partition coefficient (Wildman–Crippen LogP) is 1.71. The summed E-state index contributed by atoms with van der Waals surface area (Å²) in [4.78, 5) is 21.9. The second-order valence-corrected chi connectivity index (χ2v) is 3.61. The van der Waals surface area contributed by atoms with Gasteiger partial charge in [-0.1, -0.05) is 19.4 Å². The number of nitrogens with two attached hydrogens (primary N) is 1. The number of nitro benzene ring substituents is 1. The fourth-order valence-electron chi connectivity index (χ4n) is 1.42. The van der Waals surface area contributed by atoms with Crippen molar-refractivity contribution in [1.82, 2.24) is 5.32 Å². The smallest absolute Gasteiger partial charge is 0.304 e. The molecule has 0 heterocycles. The molecule has 0 aromatic heterocycles. The third-order valence-electron chi connectivity index (χ3n) is 2.31. The summed E-state index contributed by atoms with van der Waals surface area (Å²) in [5.41, 5.74) is 5.17. The van der Waals surface area contributed by atoms with Gasteiger partial charge >= 0.3 is 5.69 Å². The maximum atomic E-state index is 11.7. The largest absolute Gasteiger partial charge is 0.393 e. The average Bonchev–Trinajstić information content (AvgIpc) is 2.28. The summed E-state index contributed by atoms with van der Waals surface area (Å²) in [6.45, 7) is 2.50. The Labute approximate surface area is 99.0 Å². The monoisotopic (exact) mass is 237 g/mol. The molecule has 1 aromatic rings. The van der Waals surface area contributed by atoms with Crippen molar-refractivity contribution in [3.05, 3.63) is 33.9 Å². The molecule has 0 aliphatic carbocycles. The molecule has 0 aliphatic heterocycles. The van der Waals surface area contributed by atoms with Gasteiger partial charge < -0.3 is 11.1 Å². The number of carbonyl (C=O) groups excluding carboxylic acids is 1. The minimum absolute atomic E-state index is 0.00172. The van der Waals surface area contributed by atoms with Gasteiger partial charge in [-0.2, -0.15) is 0 Å². The Morgan fingerprint density at radius 1 is 1.53 bits per heavy atom. The summed E-state index contributed by atoms with van der Waals surface area (Å²) in [7, 11) is 0. The number of nitrogen functional groups attached to an aromatic ring is 1. The van der Waals surface area contributed by atoms with E-state index in [-0.39, 0.29) is 16.9 Å². The quantitative estimate of drug-likeness (QED) is 0.352. The highest BCUT2D eigenvalue weighted by Crippen LogP contribution is 2.25. The fraction of sp³-hybridized carbons (Fsp3) is 0.364. The molecule has 6 heteroatoms. The maximum absolute atomic E-state index is 11.7. The Morgan fingerprint density at radius 2 is 2.24 bits per heavy atom. The first-order valence-corrected chi connectivity index (χ1v) is 5.39. The minimum Gasteiger partial charge on any atom is -0.393 e. The van der Waals surface area contributed by atoms with Gasteiger partial charge in [0.15, 0.2) is 0 Å². The van der Waals surface area contributed by atoms with E-state index in [9.17, 15) is 14.9 Å². The van der Waals surface area contributed by atoms with Crippen LogP contribution in [0, 0.1) is 10.1 Å². The van der Waals surface area contributed by atoms with Crippen LogP contribution in [0.15, 0.2) is 18.2 Å². The molecule has 0 saturated heterocycles. The van der Waals surface area contributed by atoms with E-state index in [0.717, 1.165) is 12.8 Å². The first-order valence-electron chi connectivity index (χ1n) is 5.39. The van der Waals surface area contributed by atoms with Crippen LogP contribution in [0.5, 0.6) is 0 Å². The molecule has 3 N–H and O–H groups in total. The third-order valence-corrected chi connectivity index (χ3v) is 2.31. The summed E-state index contributed by atoms with van der Waals surface area (Å²) in [6.07, 6.45) is 1.78. The van der Waals surface area contributed by atoms with E-state index in [0.29, 0.717) is 6.54 Å². The zero-order valence-electron chi connectivity index (χ0n) is 9.60. The van der Waals surface area contributed by atoms with Crippen molar-refractivity contribution in [2.45, 2.75) is 19.8 Å². The van der Waals surface area contributed by atoms with Gasteiger partial charge in [-0.3, -0.25) is 14.9 Å². The highest BCUT2D eigenvalue weighted by atomic mass is 16.6. The minimum atomic E-state index is -0.635. The van der Waals surface area contributed by atoms with Gasteiger partial charge in [0.2, 0.25) is 0 Å². The summed E-state index contributed by atoms with van der Waals surface area (Å²) in [5.74, 6) is -0.461. The van der Waals surface area contributed by atoms with Gasteiger partial charge in [-0.05, 0) is 18.6 Å². The first-order chi connectivity index (χ1) is 8.07. The Balaban J connectivity index is 2.93. The zero-order chi connectivity index (χ0) is 12.8. The van der Waals surface area contributed by atoms with E-state index in [1.165, 1.54) is 18.2 Å².